The predicted octanol–water partition coefficient (Wildman–Crippen LogP) is 2.45. The van der Waals surface area contributed by atoms with Gasteiger partial charge in [0, 0.05) is 13.1 Å². The number of nitrogens with zero attached hydrogens (tertiary/aromatic N) is 1. The Labute approximate surface area is 126 Å². The van der Waals surface area contributed by atoms with Gasteiger partial charge < -0.3 is 14.7 Å². The summed E-state index contributed by atoms with van der Waals surface area (Å²) >= 11 is 0. The van der Waals surface area contributed by atoms with Crippen LogP contribution in [-0.2, 0) is 4.79 Å². The number of hydrogen-bond donors (Lipinski definition) is 1. The van der Waals surface area contributed by atoms with Crippen LogP contribution in [0.5, 0.6) is 5.75 Å². The molecule has 1 amide bonds. The van der Waals surface area contributed by atoms with E-state index < -0.39 is 5.60 Å². The van der Waals surface area contributed by atoms with Gasteiger partial charge in [-0.2, -0.15) is 0 Å². The zero-order chi connectivity index (χ0) is 15.5. The lowest BCUT2D eigenvalue weighted by Gasteiger charge is -2.23. The molecular formula is C17H25NO3. The highest BCUT2D eigenvalue weighted by atomic mass is 16.5. The van der Waals surface area contributed by atoms with Crippen molar-refractivity contribution in [2.75, 3.05) is 19.7 Å². The maximum absolute atomic E-state index is 12.3. The zero-order valence-electron chi connectivity index (χ0n) is 13.2. The van der Waals surface area contributed by atoms with Gasteiger partial charge in [0.05, 0.1) is 5.60 Å². The second-order valence-corrected chi connectivity index (χ2v) is 6.24. The molecule has 0 bridgehead atoms. The lowest BCUT2D eigenvalue weighted by Crippen LogP contribution is -2.36. The number of ether oxygens (including phenoxy) is 1. The molecular weight excluding hydrogens is 266 g/mol. The van der Waals surface area contributed by atoms with Crippen molar-refractivity contribution in [1.29, 1.82) is 0 Å². The minimum absolute atomic E-state index is 0.00430. The van der Waals surface area contributed by atoms with Crippen LogP contribution >= 0.6 is 0 Å². The SMILES string of the molecule is Cc1cccc(C)c1OCC(=O)N1CCCC(C)(O)CC1. The van der Waals surface area contributed by atoms with Gasteiger partial charge in [-0.15, -0.1) is 0 Å². The van der Waals surface area contributed by atoms with E-state index >= 15 is 0 Å². The molecule has 0 aliphatic carbocycles. The summed E-state index contributed by atoms with van der Waals surface area (Å²) in [6.07, 6.45) is 2.21. The van der Waals surface area contributed by atoms with Crippen molar-refractivity contribution in [2.24, 2.45) is 0 Å². The number of carbonyl (C=O) groups is 1. The van der Waals surface area contributed by atoms with Crippen molar-refractivity contribution in [3.8, 4) is 5.75 Å². The molecule has 0 saturated carbocycles. The fraction of sp³-hybridized carbons (Fsp3) is 0.588. The van der Waals surface area contributed by atoms with Gasteiger partial charge in [-0.25, -0.2) is 0 Å². The number of rotatable bonds is 3. The summed E-state index contributed by atoms with van der Waals surface area (Å²) in [5.74, 6) is 0.794. The average molecular weight is 291 g/mol. The topological polar surface area (TPSA) is 49.8 Å². The van der Waals surface area contributed by atoms with E-state index in [0.717, 1.165) is 29.7 Å². The van der Waals surface area contributed by atoms with E-state index in [0.29, 0.717) is 19.5 Å². The quantitative estimate of drug-likeness (QED) is 0.930. The van der Waals surface area contributed by atoms with E-state index in [2.05, 4.69) is 0 Å². The molecule has 1 saturated heterocycles. The second kappa shape index (κ2) is 6.48. The van der Waals surface area contributed by atoms with Gasteiger partial charge in [0.2, 0.25) is 0 Å². The molecule has 1 N–H and O–H groups in total. The highest BCUT2D eigenvalue weighted by Gasteiger charge is 2.27. The molecule has 1 atom stereocenters. The molecule has 1 fully saturated rings. The Morgan fingerprint density at radius 3 is 2.62 bits per heavy atom. The van der Waals surface area contributed by atoms with Gasteiger partial charge in [0.15, 0.2) is 6.61 Å². The molecule has 1 aromatic carbocycles. The summed E-state index contributed by atoms with van der Waals surface area (Å²) in [5, 5.41) is 10.1. The van der Waals surface area contributed by atoms with Crippen LogP contribution in [-0.4, -0.2) is 41.2 Å². The fourth-order valence-electron chi connectivity index (χ4n) is 2.76. The number of hydrogen-bond acceptors (Lipinski definition) is 3. The number of amides is 1. The van der Waals surface area contributed by atoms with Gasteiger partial charge in [-0.3, -0.25) is 4.79 Å². The smallest absolute Gasteiger partial charge is 0.260 e. The number of para-hydroxylation sites is 1. The van der Waals surface area contributed by atoms with Crippen LogP contribution in [0.2, 0.25) is 0 Å². The largest absolute Gasteiger partial charge is 0.483 e. The Morgan fingerprint density at radius 2 is 1.95 bits per heavy atom. The van der Waals surface area contributed by atoms with Gasteiger partial charge in [0.1, 0.15) is 5.75 Å². The van der Waals surface area contributed by atoms with Crippen LogP contribution in [0.15, 0.2) is 18.2 Å². The molecule has 0 radical (unpaired) electrons. The molecule has 1 aromatic rings. The summed E-state index contributed by atoms with van der Waals surface area (Å²) in [5.41, 5.74) is 1.44. The molecule has 1 aliphatic heterocycles. The summed E-state index contributed by atoms with van der Waals surface area (Å²) in [6.45, 7) is 7.17. The maximum Gasteiger partial charge on any atom is 0.260 e. The zero-order valence-corrected chi connectivity index (χ0v) is 13.2. The predicted molar refractivity (Wildman–Crippen MR) is 82.5 cm³/mol. The van der Waals surface area contributed by atoms with E-state index in [-0.39, 0.29) is 12.5 Å². The lowest BCUT2D eigenvalue weighted by atomic mass is 9.98. The van der Waals surface area contributed by atoms with Crippen molar-refractivity contribution in [3.05, 3.63) is 29.3 Å². The number of aryl methyl sites for hydroxylation is 2. The molecule has 1 heterocycles. The third-order valence-electron chi connectivity index (χ3n) is 4.17. The molecule has 0 aromatic heterocycles. The molecule has 2 rings (SSSR count). The molecule has 4 heteroatoms. The lowest BCUT2D eigenvalue weighted by molar-refractivity contribution is -0.133. The highest BCUT2D eigenvalue weighted by molar-refractivity contribution is 5.77. The summed E-state index contributed by atoms with van der Waals surface area (Å²) in [6, 6.07) is 5.95. The van der Waals surface area contributed by atoms with Gasteiger partial charge in [0.25, 0.3) is 5.91 Å². The van der Waals surface area contributed by atoms with Crippen molar-refractivity contribution in [2.45, 2.75) is 45.6 Å². The number of benzene rings is 1. The Bertz CT molecular complexity index is 491. The van der Waals surface area contributed by atoms with Gasteiger partial charge in [-0.05, 0) is 51.2 Å². The van der Waals surface area contributed by atoms with Crippen molar-refractivity contribution in [3.63, 3.8) is 0 Å². The van der Waals surface area contributed by atoms with E-state index in [1.807, 2.05) is 39.0 Å². The Kier molecular flexibility index (Phi) is 4.88. The normalized spacial score (nSPS) is 22.8. The fourth-order valence-corrected chi connectivity index (χ4v) is 2.76. The first-order valence-corrected chi connectivity index (χ1v) is 7.58. The summed E-state index contributed by atoms with van der Waals surface area (Å²) in [7, 11) is 0. The minimum atomic E-state index is -0.650. The van der Waals surface area contributed by atoms with Crippen molar-refractivity contribution in [1.82, 2.24) is 4.90 Å². The van der Waals surface area contributed by atoms with E-state index in [1.54, 1.807) is 4.90 Å². The van der Waals surface area contributed by atoms with Crippen LogP contribution < -0.4 is 4.74 Å². The minimum Gasteiger partial charge on any atom is -0.483 e. The third-order valence-corrected chi connectivity index (χ3v) is 4.17. The summed E-state index contributed by atoms with van der Waals surface area (Å²) in [4.78, 5) is 14.1. The first-order valence-electron chi connectivity index (χ1n) is 7.58. The standard InChI is InChI=1S/C17H25NO3/c1-13-6-4-7-14(2)16(13)21-12-15(19)18-10-5-8-17(3,20)9-11-18/h4,6-7,20H,5,8-12H2,1-3H3. The maximum atomic E-state index is 12.3. The molecule has 1 aliphatic rings. The van der Waals surface area contributed by atoms with E-state index in [4.69, 9.17) is 4.74 Å². The number of likely N-dealkylation sites (tertiary alicyclic amines) is 1. The van der Waals surface area contributed by atoms with Crippen LogP contribution in [0.25, 0.3) is 0 Å². The molecule has 0 spiro atoms. The summed E-state index contributed by atoms with van der Waals surface area (Å²) < 4.78 is 5.72. The Hall–Kier alpha value is -1.55. The van der Waals surface area contributed by atoms with Gasteiger partial charge in [-0.1, -0.05) is 18.2 Å². The molecule has 116 valence electrons. The van der Waals surface area contributed by atoms with Crippen molar-refractivity contribution < 1.29 is 14.6 Å². The molecule has 1 unspecified atom stereocenters. The Balaban J connectivity index is 1.93. The van der Waals surface area contributed by atoms with E-state index in [1.165, 1.54) is 0 Å². The van der Waals surface area contributed by atoms with Crippen LogP contribution in [0, 0.1) is 13.8 Å². The Morgan fingerprint density at radius 1 is 1.29 bits per heavy atom. The van der Waals surface area contributed by atoms with E-state index in [9.17, 15) is 9.90 Å². The molecule has 21 heavy (non-hydrogen) atoms. The molecule has 4 nitrogen and oxygen atoms in total. The second-order valence-electron chi connectivity index (χ2n) is 6.24. The van der Waals surface area contributed by atoms with Crippen LogP contribution in [0.4, 0.5) is 0 Å². The van der Waals surface area contributed by atoms with Gasteiger partial charge >= 0.3 is 0 Å². The number of carbonyl (C=O) groups excluding carboxylic acids is 1. The van der Waals surface area contributed by atoms with Crippen molar-refractivity contribution >= 4 is 5.91 Å². The highest BCUT2D eigenvalue weighted by Crippen LogP contribution is 2.23. The monoisotopic (exact) mass is 291 g/mol. The van der Waals surface area contributed by atoms with Crippen LogP contribution in [0.3, 0.4) is 0 Å². The van der Waals surface area contributed by atoms with Crippen LogP contribution in [0.1, 0.15) is 37.3 Å². The number of aliphatic hydroxyl groups is 1. The third kappa shape index (κ3) is 4.21. The first kappa shape index (κ1) is 15.8. The first-order chi connectivity index (χ1) is 9.89. The average Bonchev–Trinajstić information content (AvgIpc) is 2.59.